The average molecular weight is 447 g/mol. The van der Waals surface area contributed by atoms with Gasteiger partial charge in [0.15, 0.2) is 0 Å². The molecule has 7 rings (SSSR count). The van der Waals surface area contributed by atoms with Gasteiger partial charge < -0.3 is 10.3 Å². The van der Waals surface area contributed by atoms with E-state index in [0.29, 0.717) is 5.92 Å². The van der Waals surface area contributed by atoms with Crippen LogP contribution in [0, 0.1) is 5.92 Å². The Bertz CT molecular complexity index is 1490. The number of thiophene rings is 1. The van der Waals surface area contributed by atoms with Crippen molar-refractivity contribution in [2.75, 3.05) is 0 Å². The van der Waals surface area contributed by atoms with E-state index in [1.807, 2.05) is 11.3 Å². The molecule has 3 aliphatic carbocycles. The molecule has 0 spiro atoms. The third-order valence-electron chi connectivity index (χ3n) is 7.40. The van der Waals surface area contributed by atoms with E-state index >= 15 is 0 Å². The molecule has 0 fully saturated rings. The first-order valence-corrected chi connectivity index (χ1v) is 12.8. The fourth-order valence-electron chi connectivity index (χ4n) is 5.90. The van der Waals surface area contributed by atoms with Gasteiger partial charge in [-0.1, -0.05) is 60.7 Å². The zero-order valence-electron chi connectivity index (χ0n) is 18.5. The summed E-state index contributed by atoms with van der Waals surface area (Å²) in [5.41, 5.74) is 14.7. The fraction of sp³-hybridized carbons (Fsp3) is 0.200. The number of allylic oxidation sites excluding steroid dienone is 5. The smallest absolute Gasteiger partial charge is 0.0541 e. The summed E-state index contributed by atoms with van der Waals surface area (Å²) < 4.78 is 2.50. The normalized spacial score (nSPS) is 21.7. The molecule has 0 amide bonds. The second kappa shape index (κ2) is 7.44. The summed E-state index contributed by atoms with van der Waals surface area (Å²) in [7, 11) is 0. The summed E-state index contributed by atoms with van der Waals surface area (Å²) in [5.74, 6) is 0.393. The van der Waals surface area contributed by atoms with Crippen LogP contribution in [0.5, 0.6) is 0 Å². The Labute approximate surface area is 198 Å². The largest absolute Gasteiger partial charge is 0.324 e. The van der Waals surface area contributed by atoms with Gasteiger partial charge in [0, 0.05) is 38.2 Å². The minimum absolute atomic E-state index is 0.141. The first-order valence-electron chi connectivity index (χ1n) is 11.9. The van der Waals surface area contributed by atoms with E-state index in [9.17, 15) is 0 Å². The van der Waals surface area contributed by atoms with Gasteiger partial charge in [0.25, 0.3) is 0 Å². The van der Waals surface area contributed by atoms with Crippen LogP contribution in [0.2, 0.25) is 0 Å². The standard InChI is InChI=1S/C30H26N2S/c31-20-14-16-30-25(18-20)24-17-19(13-15-29(24)33-30)21-7-1-4-10-26(21)32-27-11-5-2-8-22(27)23-9-3-6-12-28(23)32/h2-3,5-16,19-20H,1,4,17-18,31H2. The summed E-state index contributed by atoms with van der Waals surface area (Å²) in [4.78, 5) is 2.83. The Morgan fingerprint density at radius 2 is 1.39 bits per heavy atom. The van der Waals surface area contributed by atoms with Crippen molar-refractivity contribution < 1.29 is 0 Å². The van der Waals surface area contributed by atoms with Gasteiger partial charge >= 0.3 is 0 Å². The van der Waals surface area contributed by atoms with Gasteiger partial charge in [0.05, 0.1) is 11.0 Å². The zero-order valence-corrected chi connectivity index (χ0v) is 19.3. The third-order valence-corrected chi connectivity index (χ3v) is 8.61. The maximum atomic E-state index is 6.29. The molecule has 3 heteroatoms. The lowest BCUT2D eigenvalue weighted by atomic mass is 9.81. The van der Waals surface area contributed by atoms with Crippen molar-refractivity contribution in [1.82, 2.24) is 4.57 Å². The molecule has 4 aromatic rings. The van der Waals surface area contributed by atoms with Gasteiger partial charge in [-0.15, -0.1) is 11.3 Å². The van der Waals surface area contributed by atoms with E-state index in [1.54, 1.807) is 0 Å². The summed E-state index contributed by atoms with van der Waals surface area (Å²) in [6.45, 7) is 0. The molecule has 2 aromatic heterocycles. The van der Waals surface area contributed by atoms with Gasteiger partial charge in [0.1, 0.15) is 0 Å². The minimum atomic E-state index is 0.141. The van der Waals surface area contributed by atoms with E-state index in [0.717, 1.165) is 25.7 Å². The molecule has 2 heterocycles. The molecular weight excluding hydrogens is 420 g/mol. The van der Waals surface area contributed by atoms with E-state index in [1.165, 1.54) is 54.0 Å². The van der Waals surface area contributed by atoms with Crippen molar-refractivity contribution in [2.24, 2.45) is 11.7 Å². The van der Waals surface area contributed by atoms with Crippen LogP contribution in [-0.4, -0.2) is 10.6 Å². The van der Waals surface area contributed by atoms with Gasteiger partial charge in [-0.25, -0.2) is 0 Å². The van der Waals surface area contributed by atoms with Crippen LogP contribution < -0.4 is 5.73 Å². The summed E-state index contributed by atoms with van der Waals surface area (Å²) in [6.07, 6.45) is 18.4. The number of hydrogen-bond acceptors (Lipinski definition) is 2. The molecule has 0 bridgehead atoms. The Balaban J connectivity index is 1.34. The van der Waals surface area contributed by atoms with E-state index in [-0.39, 0.29) is 6.04 Å². The Morgan fingerprint density at radius 1 is 0.758 bits per heavy atom. The summed E-state index contributed by atoms with van der Waals surface area (Å²) in [6, 6.07) is 17.8. The second-order valence-corrected chi connectivity index (χ2v) is 10.5. The number of para-hydroxylation sites is 2. The number of hydrogen-bond donors (Lipinski definition) is 1. The lowest BCUT2D eigenvalue weighted by Gasteiger charge is -2.27. The summed E-state index contributed by atoms with van der Waals surface area (Å²) >= 11 is 1.92. The number of fused-ring (bicyclic) bond motifs is 6. The third kappa shape index (κ3) is 2.96. The molecule has 2 N–H and O–H groups in total. The van der Waals surface area contributed by atoms with Crippen LogP contribution in [0.3, 0.4) is 0 Å². The van der Waals surface area contributed by atoms with Gasteiger partial charge in [0.2, 0.25) is 0 Å². The molecule has 2 atom stereocenters. The first kappa shape index (κ1) is 19.3. The molecule has 162 valence electrons. The quantitative estimate of drug-likeness (QED) is 0.347. The van der Waals surface area contributed by atoms with Crippen LogP contribution in [0.15, 0.2) is 78.4 Å². The highest BCUT2D eigenvalue weighted by molar-refractivity contribution is 7.14. The highest BCUT2D eigenvalue weighted by atomic mass is 32.1. The second-order valence-electron chi connectivity index (χ2n) is 9.38. The molecule has 2 unspecified atom stereocenters. The molecule has 0 saturated heterocycles. The SMILES string of the molecule is NC1C=Cc2sc3c(c2C1)CC(C1=CCCC=C1n1c2ccccc2c2ccccc21)C=C3. The number of benzene rings is 2. The predicted octanol–water partition coefficient (Wildman–Crippen LogP) is 7.20. The van der Waals surface area contributed by atoms with Crippen molar-refractivity contribution in [3.05, 3.63) is 99.3 Å². The van der Waals surface area contributed by atoms with Crippen molar-refractivity contribution in [2.45, 2.75) is 31.7 Å². The van der Waals surface area contributed by atoms with Gasteiger partial charge in [-0.05, 0) is 66.7 Å². The van der Waals surface area contributed by atoms with Crippen LogP contribution in [0.25, 0.3) is 39.7 Å². The van der Waals surface area contributed by atoms with Crippen molar-refractivity contribution in [1.29, 1.82) is 0 Å². The molecule has 2 aromatic carbocycles. The minimum Gasteiger partial charge on any atom is -0.324 e. The molecule has 0 saturated carbocycles. The summed E-state index contributed by atoms with van der Waals surface area (Å²) in [5, 5.41) is 2.65. The lowest BCUT2D eigenvalue weighted by molar-refractivity contribution is 0.729. The Hall–Kier alpha value is -3.14. The number of nitrogens with zero attached hydrogens (tertiary/aromatic N) is 1. The molecule has 33 heavy (non-hydrogen) atoms. The van der Waals surface area contributed by atoms with Crippen LogP contribution in [0.1, 0.15) is 33.7 Å². The van der Waals surface area contributed by atoms with Crippen LogP contribution in [0.4, 0.5) is 0 Å². The highest BCUT2D eigenvalue weighted by Crippen LogP contribution is 2.43. The van der Waals surface area contributed by atoms with Crippen molar-refractivity contribution >= 4 is 51.0 Å². The molecule has 0 aliphatic heterocycles. The zero-order chi connectivity index (χ0) is 21.9. The van der Waals surface area contributed by atoms with Crippen molar-refractivity contribution in [3.8, 4) is 0 Å². The molecule has 3 aliphatic rings. The average Bonchev–Trinajstić information content (AvgIpc) is 3.39. The fourth-order valence-corrected chi connectivity index (χ4v) is 7.09. The maximum absolute atomic E-state index is 6.29. The highest BCUT2D eigenvalue weighted by Gasteiger charge is 2.28. The predicted molar refractivity (Wildman–Crippen MR) is 142 cm³/mol. The molecule has 0 radical (unpaired) electrons. The Kier molecular flexibility index (Phi) is 4.36. The van der Waals surface area contributed by atoms with Crippen LogP contribution >= 0.6 is 11.3 Å². The van der Waals surface area contributed by atoms with Crippen molar-refractivity contribution in [3.63, 3.8) is 0 Å². The van der Waals surface area contributed by atoms with E-state index < -0.39 is 0 Å². The first-order chi connectivity index (χ1) is 16.3. The number of aromatic nitrogens is 1. The topological polar surface area (TPSA) is 30.9 Å². The Morgan fingerprint density at radius 3 is 2.15 bits per heavy atom. The molecular formula is C30H26N2S. The van der Waals surface area contributed by atoms with E-state index in [4.69, 9.17) is 5.73 Å². The number of nitrogens with two attached hydrogens (primary N) is 1. The van der Waals surface area contributed by atoms with Gasteiger partial charge in [-0.2, -0.15) is 0 Å². The maximum Gasteiger partial charge on any atom is 0.0541 e. The van der Waals surface area contributed by atoms with Crippen LogP contribution in [-0.2, 0) is 12.8 Å². The number of rotatable bonds is 2. The van der Waals surface area contributed by atoms with E-state index in [2.05, 4.69) is 89.6 Å². The van der Waals surface area contributed by atoms with Gasteiger partial charge in [-0.3, -0.25) is 0 Å². The monoisotopic (exact) mass is 446 g/mol. The molecule has 2 nitrogen and oxygen atoms in total. The lowest BCUT2D eigenvalue weighted by Crippen LogP contribution is -2.23.